The smallest absolute Gasteiger partial charge is 0.247 e. The van der Waals surface area contributed by atoms with Gasteiger partial charge in [0.15, 0.2) is 0 Å². The molecule has 2 aromatic carbocycles. The van der Waals surface area contributed by atoms with E-state index in [4.69, 9.17) is 5.73 Å². The number of nitrogen functional groups attached to an aromatic ring is 1. The molecule has 4 nitrogen and oxygen atoms in total. The summed E-state index contributed by atoms with van der Waals surface area (Å²) in [5.74, 6) is -0.313. The number of rotatable bonds is 3. The fraction of sp³-hybridized carbons (Fsp3) is 0.125. The Morgan fingerprint density at radius 1 is 1.05 bits per heavy atom. The Kier molecular flexibility index (Phi) is 4.39. The molecule has 0 saturated carbocycles. The highest BCUT2D eigenvalue weighted by molar-refractivity contribution is 14.1. The van der Waals surface area contributed by atoms with Crippen molar-refractivity contribution in [2.45, 2.75) is 16.6 Å². The van der Waals surface area contributed by atoms with E-state index in [0.717, 1.165) is 8.47 Å². The maximum atomic E-state index is 12.5. The molecule has 0 spiro atoms. The number of halogens is 1. The maximum Gasteiger partial charge on any atom is 0.247 e. The van der Waals surface area contributed by atoms with Crippen LogP contribution in [0.3, 0.4) is 0 Å². The molecule has 0 radical (unpaired) electrons. The lowest BCUT2D eigenvalue weighted by Crippen LogP contribution is -2.31. The molecule has 2 N–H and O–H groups in total. The molecule has 2 amide bonds. The summed E-state index contributed by atoms with van der Waals surface area (Å²) in [6, 6.07) is 14.7. The van der Waals surface area contributed by atoms with Crippen LogP contribution in [0.15, 0.2) is 53.4 Å². The monoisotopic (exact) mass is 424 g/mol. The molecule has 0 bridgehead atoms. The normalized spacial score (nSPS) is 18.0. The zero-order chi connectivity index (χ0) is 15.7. The van der Waals surface area contributed by atoms with Gasteiger partial charge in [-0.25, -0.2) is 4.90 Å². The molecule has 0 aromatic heterocycles. The minimum Gasteiger partial charge on any atom is -0.399 e. The molecule has 1 heterocycles. The summed E-state index contributed by atoms with van der Waals surface area (Å²) in [5.41, 5.74) is 6.97. The van der Waals surface area contributed by atoms with Gasteiger partial charge in [0.05, 0.1) is 10.9 Å². The van der Waals surface area contributed by atoms with Crippen LogP contribution in [0.5, 0.6) is 0 Å². The average Bonchev–Trinajstić information content (AvgIpc) is 2.77. The molecular weight excluding hydrogens is 411 g/mol. The second-order valence-corrected chi connectivity index (χ2v) is 7.45. The van der Waals surface area contributed by atoms with Crippen molar-refractivity contribution in [3.8, 4) is 0 Å². The van der Waals surface area contributed by atoms with Gasteiger partial charge < -0.3 is 5.73 Å². The lowest BCUT2D eigenvalue weighted by Gasteiger charge is -2.15. The topological polar surface area (TPSA) is 63.4 Å². The number of carbonyl (C=O) groups excluding carboxylic acids is 2. The van der Waals surface area contributed by atoms with Crippen molar-refractivity contribution in [2.75, 3.05) is 10.6 Å². The number of hydrogen-bond acceptors (Lipinski definition) is 4. The lowest BCUT2D eigenvalue weighted by atomic mass is 10.3. The first-order valence-electron chi connectivity index (χ1n) is 6.69. The van der Waals surface area contributed by atoms with Crippen molar-refractivity contribution in [1.82, 2.24) is 0 Å². The van der Waals surface area contributed by atoms with Crippen LogP contribution in [0.4, 0.5) is 11.4 Å². The third kappa shape index (κ3) is 3.12. The highest BCUT2D eigenvalue weighted by atomic mass is 127. The lowest BCUT2D eigenvalue weighted by molar-refractivity contribution is -0.121. The van der Waals surface area contributed by atoms with E-state index < -0.39 is 0 Å². The van der Waals surface area contributed by atoms with Crippen LogP contribution in [0.25, 0.3) is 0 Å². The first-order valence-corrected chi connectivity index (χ1v) is 8.65. The van der Waals surface area contributed by atoms with Crippen LogP contribution >= 0.6 is 34.4 Å². The molecule has 2 aromatic rings. The molecule has 1 aliphatic heterocycles. The standard InChI is InChI=1S/C16H13IN2O2S/c17-10-1-5-12(6-2-10)19-15(20)9-14(16(19)21)22-13-7-3-11(18)4-8-13/h1-8,14H,9,18H2/t14-/m0/s1. The van der Waals surface area contributed by atoms with Gasteiger partial charge in [-0.15, -0.1) is 11.8 Å². The number of carbonyl (C=O) groups is 2. The van der Waals surface area contributed by atoms with Crippen molar-refractivity contribution in [3.63, 3.8) is 0 Å². The Labute approximate surface area is 146 Å². The average molecular weight is 424 g/mol. The van der Waals surface area contributed by atoms with Gasteiger partial charge in [0.25, 0.3) is 0 Å². The van der Waals surface area contributed by atoms with Crippen LogP contribution < -0.4 is 10.6 Å². The Hall–Kier alpha value is -1.54. The molecule has 0 aliphatic carbocycles. The van der Waals surface area contributed by atoms with Gasteiger partial charge in [-0.1, -0.05) is 0 Å². The summed E-state index contributed by atoms with van der Waals surface area (Å²) < 4.78 is 1.06. The van der Waals surface area contributed by atoms with E-state index in [0.29, 0.717) is 11.4 Å². The Bertz CT molecular complexity index is 716. The van der Waals surface area contributed by atoms with Gasteiger partial charge in [0.2, 0.25) is 11.8 Å². The molecule has 112 valence electrons. The van der Waals surface area contributed by atoms with Gasteiger partial charge >= 0.3 is 0 Å². The number of amides is 2. The van der Waals surface area contributed by atoms with E-state index in [-0.39, 0.29) is 23.5 Å². The van der Waals surface area contributed by atoms with Crippen molar-refractivity contribution in [3.05, 3.63) is 52.1 Å². The minimum atomic E-state index is -0.379. The summed E-state index contributed by atoms with van der Waals surface area (Å²) >= 11 is 3.59. The van der Waals surface area contributed by atoms with Crippen LogP contribution in [0.2, 0.25) is 0 Å². The summed E-state index contributed by atoms with van der Waals surface area (Å²) in [7, 11) is 0. The third-order valence-electron chi connectivity index (χ3n) is 3.35. The summed E-state index contributed by atoms with van der Waals surface area (Å²) in [6.07, 6.45) is 0.222. The van der Waals surface area contributed by atoms with Crippen LogP contribution in [0, 0.1) is 3.57 Å². The van der Waals surface area contributed by atoms with Gasteiger partial charge in [-0.05, 0) is 71.1 Å². The van der Waals surface area contributed by atoms with Crippen molar-refractivity contribution in [2.24, 2.45) is 0 Å². The second-order valence-electron chi connectivity index (χ2n) is 4.92. The zero-order valence-electron chi connectivity index (χ0n) is 11.5. The quantitative estimate of drug-likeness (QED) is 0.467. The molecule has 22 heavy (non-hydrogen) atoms. The van der Waals surface area contributed by atoms with Crippen molar-refractivity contribution in [1.29, 1.82) is 0 Å². The summed E-state index contributed by atoms with van der Waals surface area (Å²) in [5, 5.41) is -0.379. The third-order valence-corrected chi connectivity index (χ3v) is 5.26. The predicted octanol–water partition coefficient (Wildman–Crippen LogP) is 3.30. The molecule has 0 unspecified atom stereocenters. The van der Waals surface area contributed by atoms with Gasteiger partial charge in [0, 0.05) is 20.6 Å². The number of anilines is 2. The van der Waals surface area contributed by atoms with Gasteiger partial charge in [0.1, 0.15) is 0 Å². The number of nitrogens with zero attached hydrogens (tertiary/aromatic N) is 1. The highest BCUT2D eigenvalue weighted by Gasteiger charge is 2.40. The summed E-state index contributed by atoms with van der Waals surface area (Å²) in [4.78, 5) is 26.9. The number of nitrogens with two attached hydrogens (primary N) is 1. The van der Waals surface area contributed by atoms with E-state index in [1.807, 2.05) is 24.3 Å². The van der Waals surface area contributed by atoms with Crippen LogP contribution in [-0.2, 0) is 9.59 Å². The van der Waals surface area contributed by atoms with Gasteiger partial charge in [-0.2, -0.15) is 0 Å². The Morgan fingerprint density at radius 3 is 2.32 bits per heavy atom. The maximum absolute atomic E-state index is 12.5. The fourth-order valence-corrected chi connectivity index (χ4v) is 3.68. The van der Waals surface area contributed by atoms with E-state index in [1.54, 1.807) is 24.3 Å². The van der Waals surface area contributed by atoms with Crippen molar-refractivity contribution < 1.29 is 9.59 Å². The molecule has 1 atom stereocenters. The fourth-order valence-electron chi connectivity index (χ4n) is 2.27. The number of benzene rings is 2. The number of hydrogen-bond donors (Lipinski definition) is 1. The number of imide groups is 1. The van der Waals surface area contributed by atoms with E-state index in [2.05, 4.69) is 22.6 Å². The number of thioether (sulfide) groups is 1. The zero-order valence-corrected chi connectivity index (χ0v) is 14.5. The highest BCUT2D eigenvalue weighted by Crippen LogP contribution is 2.34. The molecular formula is C16H13IN2O2S. The molecule has 3 rings (SSSR count). The molecule has 6 heteroatoms. The second kappa shape index (κ2) is 6.29. The SMILES string of the molecule is Nc1ccc(S[C@H]2CC(=O)N(c3ccc(I)cc3)C2=O)cc1. The summed E-state index contributed by atoms with van der Waals surface area (Å²) in [6.45, 7) is 0. The largest absolute Gasteiger partial charge is 0.399 e. The molecule has 1 aliphatic rings. The van der Waals surface area contributed by atoms with Gasteiger partial charge in [-0.3, -0.25) is 9.59 Å². The van der Waals surface area contributed by atoms with Crippen molar-refractivity contribution >= 4 is 57.5 Å². The first-order chi connectivity index (χ1) is 10.5. The molecule has 1 fully saturated rings. The Morgan fingerprint density at radius 2 is 1.68 bits per heavy atom. The van der Waals surface area contributed by atoms with E-state index >= 15 is 0 Å². The first kappa shape index (κ1) is 15.4. The van der Waals surface area contributed by atoms with E-state index in [9.17, 15) is 9.59 Å². The van der Waals surface area contributed by atoms with Crippen LogP contribution in [-0.4, -0.2) is 17.1 Å². The van der Waals surface area contributed by atoms with Crippen LogP contribution in [0.1, 0.15) is 6.42 Å². The molecule has 1 saturated heterocycles. The Balaban J connectivity index is 1.79. The van der Waals surface area contributed by atoms with E-state index in [1.165, 1.54) is 16.7 Å². The minimum absolute atomic E-state index is 0.154. The predicted molar refractivity (Wildman–Crippen MR) is 96.8 cm³/mol.